The van der Waals surface area contributed by atoms with Crippen molar-refractivity contribution in [3.8, 4) is 0 Å². The van der Waals surface area contributed by atoms with Crippen molar-refractivity contribution in [3.05, 3.63) is 69.4 Å². The average Bonchev–Trinajstić information content (AvgIpc) is 2.97. The molecule has 3 rings (SSSR count). The van der Waals surface area contributed by atoms with Gasteiger partial charge in [0.25, 0.3) is 11.8 Å². The Morgan fingerprint density at radius 1 is 1.10 bits per heavy atom. The van der Waals surface area contributed by atoms with Crippen LogP contribution in [0.4, 0.5) is 4.39 Å². The predicted octanol–water partition coefficient (Wildman–Crippen LogP) is 3.39. The molecule has 0 saturated carbocycles. The summed E-state index contributed by atoms with van der Waals surface area (Å²) in [5.41, 5.74) is 1.23. The smallest absolute Gasteiger partial charge is 0.307 e. The van der Waals surface area contributed by atoms with Crippen molar-refractivity contribution in [1.29, 1.82) is 0 Å². The molecule has 31 heavy (non-hydrogen) atoms. The van der Waals surface area contributed by atoms with Gasteiger partial charge in [-0.2, -0.15) is 0 Å². The van der Waals surface area contributed by atoms with E-state index in [1.54, 1.807) is 18.2 Å². The Morgan fingerprint density at radius 2 is 1.77 bits per heavy atom. The second-order valence-electron chi connectivity index (χ2n) is 7.01. The third kappa shape index (κ3) is 5.35. The number of fused-ring (bicyclic) bond motifs is 1. The number of amides is 3. The Bertz CT molecular complexity index is 1030. The van der Waals surface area contributed by atoms with Crippen LogP contribution < -0.4 is 5.32 Å². The second kappa shape index (κ2) is 9.82. The van der Waals surface area contributed by atoms with Crippen molar-refractivity contribution in [1.82, 2.24) is 10.2 Å². The predicted molar refractivity (Wildman–Crippen MR) is 113 cm³/mol. The summed E-state index contributed by atoms with van der Waals surface area (Å²) in [6.07, 6.45) is 0.184. The fraction of sp³-hybridized carbons (Fsp3) is 0.273. The lowest BCUT2D eigenvalue weighted by Gasteiger charge is -2.19. The first-order chi connectivity index (χ1) is 14.8. The molecule has 3 amide bonds. The molecule has 162 valence electrons. The van der Waals surface area contributed by atoms with E-state index < -0.39 is 23.7 Å². The molecular formula is C22H20BrFN2O5. The molecule has 1 atom stereocenters. The minimum atomic E-state index is -0.683. The van der Waals surface area contributed by atoms with E-state index in [4.69, 9.17) is 0 Å². The summed E-state index contributed by atoms with van der Waals surface area (Å²) in [6.45, 7) is 0.0929. The molecule has 2 aromatic carbocycles. The molecule has 2 aromatic rings. The molecule has 1 N–H and O–H groups in total. The summed E-state index contributed by atoms with van der Waals surface area (Å²) in [7, 11) is 1.24. The highest BCUT2D eigenvalue weighted by Crippen LogP contribution is 2.26. The number of carbonyl (C=O) groups excluding carboxylic acids is 4. The number of hydrogen-bond donors (Lipinski definition) is 1. The maximum atomic E-state index is 13.2. The van der Waals surface area contributed by atoms with E-state index in [-0.39, 0.29) is 37.6 Å². The third-order valence-electron chi connectivity index (χ3n) is 4.92. The van der Waals surface area contributed by atoms with Crippen LogP contribution in [0.5, 0.6) is 0 Å². The number of rotatable bonds is 8. The van der Waals surface area contributed by atoms with E-state index in [2.05, 4.69) is 26.0 Å². The molecule has 9 heteroatoms. The van der Waals surface area contributed by atoms with Crippen molar-refractivity contribution >= 4 is 39.6 Å². The van der Waals surface area contributed by atoms with E-state index in [0.29, 0.717) is 21.2 Å². The molecule has 0 radical (unpaired) electrons. The Morgan fingerprint density at radius 3 is 2.45 bits per heavy atom. The molecule has 0 spiro atoms. The zero-order valence-corrected chi connectivity index (χ0v) is 18.3. The molecule has 0 saturated heterocycles. The number of carbonyl (C=O) groups is 4. The zero-order valence-electron chi connectivity index (χ0n) is 16.7. The van der Waals surface area contributed by atoms with Crippen LogP contribution in [0, 0.1) is 5.82 Å². The minimum Gasteiger partial charge on any atom is -0.469 e. The van der Waals surface area contributed by atoms with Gasteiger partial charge in [0.2, 0.25) is 5.91 Å². The van der Waals surface area contributed by atoms with Crippen molar-refractivity contribution in [2.45, 2.75) is 25.3 Å². The number of ether oxygens (including phenoxy) is 1. The van der Waals surface area contributed by atoms with Gasteiger partial charge in [-0.05, 0) is 42.3 Å². The number of nitrogens with zero attached hydrogens (tertiary/aromatic N) is 1. The Labute approximate surface area is 186 Å². The SMILES string of the molecule is COC(=O)CC(NC(=O)CCCN1C(=O)c2ccc(Br)cc2C1=O)c1ccc(F)cc1. The van der Waals surface area contributed by atoms with Gasteiger partial charge in [-0.25, -0.2) is 4.39 Å². The number of nitrogens with one attached hydrogen (secondary N) is 1. The maximum Gasteiger partial charge on any atom is 0.307 e. The number of hydrogen-bond acceptors (Lipinski definition) is 5. The highest BCUT2D eigenvalue weighted by atomic mass is 79.9. The number of esters is 1. The highest BCUT2D eigenvalue weighted by Gasteiger charge is 2.35. The van der Waals surface area contributed by atoms with Gasteiger partial charge < -0.3 is 10.1 Å². The highest BCUT2D eigenvalue weighted by molar-refractivity contribution is 9.10. The molecule has 0 aliphatic carbocycles. The van der Waals surface area contributed by atoms with Crippen LogP contribution in [0.2, 0.25) is 0 Å². The number of methoxy groups -OCH3 is 1. The fourth-order valence-electron chi connectivity index (χ4n) is 3.33. The van der Waals surface area contributed by atoms with Crippen LogP contribution >= 0.6 is 15.9 Å². The lowest BCUT2D eigenvalue weighted by atomic mass is 10.0. The normalized spacial score (nSPS) is 13.7. The van der Waals surface area contributed by atoms with E-state index >= 15 is 0 Å². The van der Waals surface area contributed by atoms with Gasteiger partial charge in [0.15, 0.2) is 0 Å². The van der Waals surface area contributed by atoms with Gasteiger partial charge in [-0.3, -0.25) is 24.1 Å². The summed E-state index contributed by atoms with van der Waals surface area (Å²) < 4.78 is 18.6. The van der Waals surface area contributed by atoms with E-state index in [9.17, 15) is 23.6 Å². The van der Waals surface area contributed by atoms with Gasteiger partial charge in [0.1, 0.15) is 5.82 Å². The summed E-state index contributed by atoms with van der Waals surface area (Å²) in [5, 5.41) is 2.73. The quantitative estimate of drug-likeness (QED) is 0.452. The Kier molecular flexibility index (Phi) is 7.17. The molecule has 1 unspecified atom stereocenters. The lowest BCUT2D eigenvalue weighted by molar-refractivity contribution is -0.141. The van der Waals surface area contributed by atoms with Crippen LogP contribution in [-0.2, 0) is 14.3 Å². The number of imide groups is 1. The second-order valence-corrected chi connectivity index (χ2v) is 7.92. The topological polar surface area (TPSA) is 92.8 Å². The van der Waals surface area contributed by atoms with Crippen LogP contribution in [0.15, 0.2) is 46.9 Å². The monoisotopic (exact) mass is 490 g/mol. The van der Waals surface area contributed by atoms with Gasteiger partial charge in [-0.1, -0.05) is 28.1 Å². The van der Waals surface area contributed by atoms with Gasteiger partial charge >= 0.3 is 5.97 Å². The van der Waals surface area contributed by atoms with Crippen LogP contribution in [0.25, 0.3) is 0 Å². The van der Waals surface area contributed by atoms with Crippen molar-refractivity contribution < 1.29 is 28.3 Å². The van der Waals surface area contributed by atoms with Crippen LogP contribution in [-0.4, -0.2) is 42.2 Å². The first-order valence-corrected chi connectivity index (χ1v) is 10.4. The van der Waals surface area contributed by atoms with Gasteiger partial charge in [0, 0.05) is 17.4 Å². The standard InChI is InChI=1S/C22H20BrFN2O5/c1-31-20(28)12-18(13-4-7-15(24)8-5-13)25-19(27)3-2-10-26-21(29)16-9-6-14(23)11-17(16)22(26)30/h4-9,11,18H,2-3,10,12H2,1H3,(H,25,27). The molecule has 0 aromatic heterocycles. The summed E-state index contributed by atoms with van der Waals surface area (Å²) in [5.74, 6) is -2.09. The third-order valence-corrected chi connectivity index (χ3v) is 5.42. The summed E-state index contributed by atoms with van der Waals surface area (Å²) in [4.78, 5) is 50.2. The van der Waals surface area contributed by atoms with E-state index in [1.165, 1.54) is 31.4 Å². The fourth-order valence-corrected chi connectivity index (χ4v) is 3.69. The first-order valence-electron chi connectivity index (χ1n) is 9.57. The summed E-state index contributed by atoms with van der Waals surface area (Å²) >= 11 is 3.28. The van der Waals surface area contributed by atoms with Gasteiger partial charge in [-0.15, -0.1) is 0 Å². The Balaban J connectivity index is 1.58. The first kappa shape index (κ1) is 22.6. The lowest BCUT2D eigenvalue weighted by Crippen LogP contribution is -2.33. The van der Waals surface area contributed by atoms with Crippen LogP contribution in [0.1, 0.15) is 51.6 Å². The molecule has 7 nitrogen and oxygen atoms in total. The average molecular weight is 491 g/mol. The largest absolute Gasteiger partial charge is 0.469 e. The van der Waals surface area contributed by atoms with Gasteiger partial charge in [0.05, 0.1) is 30.7 Å². The molecule has 0 bridgehead atoms. The number of halogens is 2. The molecule has 1 heterocycles. The molecular weight excluding hydrogens is 471 g/mol. The van der Waals surface area contributed by atoms with Crippen LogP contribution in [0.3, 0.4) is 0 Å². The Hall–Kier alpha value is -3.07. The van der Waals surface area contributed by atoms with Crippen molar-refractivity contribution in [2.75, 3.05) is 13.7 Å². The zero-order chi connectivity index (χ0) is 22.5. The molecule has 0 fully saturated rings. The van der Waals surface area contributed by atoms with Crippen molar-refractivity contribution in [2.24, 2.45) is 0 Å². The molecule has 1 aliphatic rings. The summed E-state index contributed by atoms with van der Waals surface area (Å²) in [6, 6.07) is 9.66. The number of benzene rings is 2. The minimum absolute atomic E-state index is 0.0377. The van der Waals surface area contributed by atoms with Crippen molar-refractivity contribution in [3.63, 3.8) is 0 Å². The molecule has 1 aliphatic heterocycles. The van der Waals surface area contributed by atoms with E-state index in [1.807, 2.05) is 0 Å². The maximum absolute atomic E-state index is 13.2. The van der Waals surface area contributed by atoms with E-state index in [0.717, 1.165) is 4.90 Å².